The summed E-state index contributed by atoms with van der Waals surface area (Å²) in [5.74, 6) is 0.697. The van der Waals surface area contributed by atoms with Crippen LogP contribution >= 0.6 is 0 Å². The Hall–Kier alpha value is -1.63. The van der Waals surface area contributed by atoms with Crippen LogP contribution in [-0.2, 0) is 12.8 Å². The van der Waals surface area contributed by atoms with E-state index in [9.17, 15) is 0 Å². The molecule has 0 radical (unpaired) electrons. The van der Waals surface area contributed by atoms with Gasteiger partial charge in [0.25, 0.3) is 0 Å². The Morgan fingerprint density at radius 1 is 1.06 bits per heavy atom. The third kappa shape index (κ3) is 2.23. The molecule has 3 rings (SSSR count). The van der Waals surface area contributed by atoms with Gasteiger partial charge in [-0.1, -0.05) is 24.3 Å². The van der Waals surface area contributed by atoms with E-state index in [0.29, 0.717) is 5.92 Å². The largest absolute Gasteiger partial charge is 0.265 e. The van der Waals surface area contributed by atoms with Gasteiger partial charge in [-0.3, -0.25) is 4.98 Å². The molecule has 0 N–H and O–H groups in total. The van der Waals surface area contributed by atoms with E-state index in [0.717, 1.165) is 6.42 Å². The average Bonchev–Trinajstić information content (AvgIpc) is 2.40. The van der Waals surface area contributed by atoms with E-state index >= 15 is 0 Å². The molecular formula is C16H17N. The molecule has 86 valence electrons. The van der Waals surface area contributed by atoms with Crippen LogP contribution in [0.1, 0.15) is 35.4 Å². The first-order valence-corrected chi connectivity index (χ1v) is 6.40. The fourth-order valence-electron chi connectivity index (χ4n) is 2.87. The minimum absolute atomic E-state index is 0.697. The molecule has 1 heteroatoms. The van der Waals surface area contributed by atoms with Crippen molar-refractivity contribution in [1.82, 2.24) is 4.98 Å². The highest BCUT2D eigenvalue weighted by molar-refractivity contribution is 5.33. The maximum Gasteiger partial charge on any atom is 0.0270 e. The number of hydrogen-bond acceptors (Lipinski definition) is 1. The highest BCUT2D eigenvalue weighted by Crippen LogP contribution is 2.33. The Kier molecular flexibility index (Phi) is 2.91. The van der Waals surface area contributed by atoms with Crippen LogP contribution in [0.4, 0.5) is 0 Å². The Morgan fingerprint density at radius 2 is 1.88 bits per heavy atom. The van der Waals surface area contributed by atoms with E-state index in [-0.39, 0.29) is 0 Å². The molecule has 0 spiro atoms. The summed E-state index contributed by atoms with van der Waals surface area (Å²) >= 11 is 0. The maximum atomic E-state index is 4.08. The first-order chi connectivity index (χ1) is 8.43. The summed E-state index contributed by atoms with van der Waals surface area (Å²) in [7, 11) is 0. The number of hydrogen-bond donors (Lipinski definition) is 0. The molecule has 1 aliphatic carbocycles. The summed E-state index contributed by atoms with van der Waals surface area (Å²) in [5.41, 5.74) is 4.52. The van der Waals surface area contributed by atoms with Crippen LogP contribution in [-0.4, -0.2) is 4.98 Å². The monoisotopic (exact) mass is 223 g/mol. The molecule has 0 saturated carbocycles. The Morgan fingerprint density at radius 3 is 2.76 bits per heavy atom. The lowest BCUT2D eigenvalue weighted by Crippen LogP contribution is -2.11. The first-order valence-electron chi connectivity index (χ1n) is 6.40. The summed E-state index contributed by atoms with van der Waals surface area (Å²) in [6, 6.07) is 13.2. The third-order valence-corrected chi connectivity index (χ3v) is 3.73. The molecule has 1 unspecified atom stereocenters. The molecule has 17 heavy (non-hydrogen) atoms. The van der Waals surface area contributed by atoms with E-state index in [2.05, 4.69) is 41.4 Å². The zero-order chi connectivity index (χ0) is 11.5. The van der Waals surface area contributed by atoms with Gasteiger partial charge in [0.1, 0.15) is 0 Å². The molecule has 0 fully saturated rings. The second-order valence-electron chi connectivity index (χ2n) is 4.85. The summed E-state index contributed by atoms with van der Waals surface area (Å²) < 4.78 is 0. The van der Waals surface area contributed by atoms with Crippen molar-refractivity contribution in [2.45, 2.75) is 31.6 Å². The van der Waals surface area contributed by atoms with Crippen LogP contribution in [0.5, 0.6) is 0 Å². The summed E-state index contributed by atoms with van der Waals surface area (Å²) in [6.45, 7) is 0. The SMILES string of the molecule is c1ccc2c(c1)CCCC2Cc1ccncc1. The Labute approximate surface area is 103 Å². The van der Waals surface area contributed by atoms with Crippen LogP contribution in [0.15, 0.2) is 48.8 Å². The highest BCUT2D eigenvalue weighted by atomic mass is 14.6. The van der Waals surface area contributed by atoms with Crippen molar-refractivity contribution in [1.29, 1.82) is 0 Å². The van der Waals surface area contributed by atoms with Gasteiger partial charge in [0.05, 0.1) is 0 Å². The van der Waals surface area contributed by atoms with Gasteiger partial charge in [-0.25, -0.2) is 0 Å². The predicted molar refractivity (Wildman–Crippen MR) is 70.1 cm³/mol. The topological polar surface area (TPSA) is 12.9 Å². The molecule has 1 nitrogen and oxygen atoms in total. The first kappa shape index (κ1) is 10.5. The predicted octanol–water partition coefficient (Wildman–Crippen LogP) is 3.74. The maximum absolute atomic E-state index is 4.08. The standard InChI is InChI=1S/C16H17N/c1-2-7-16-14(4-1)5-3-6-15(16)12-13-8-10-17-11-9-13/h1-2,4,7-11,15H,3,5-6,12H2. The number of rotatable bonds is 2. The van der Waals surface area contributed by atoms with Crippen LogP contribution in [0.3, 0.4) is 0 Å². The highest BCUT2D eigenvalue weighted by Gasteiger charge is 2.19. The van der Waals surface area contributed by atoms with Crippen molar-refractivity contribution in [3.8, 4) is 0 Å². The van der Waals surface area contributed by atoms with E-state index in [1.165, 1.54) is 24.8 Å². The van der Waals surface area contributed by atoms with Crippen LogP contribution < -0.4 is 0 Å². The molecule has 1 heterocycles. The lowest BCUT2D eigenvalue weighted by atomic mass is 9.80. The van der Waals surface area contributed by atoms with E-state index in [1.807, 2.05) is 12.4 Å². The number of fused-ring (bicyclic) bond motifs is 1. The van der Waals surface area contributed by atoms with Crippen LogP contribution in [0, 0.1) is 0 Å². The molecule has 1 aliphatic rings. The van der Waals surface area contributed by atoms with E-state index < -0.39 is 0 Å². The summed E-state index contributed by atoms with van der Waals surface area (Å²) in [4.78, 5) is 4.08. The molecule has 1 atom stereocenters. The second-order valence-corrected chi connectivity index (χ2v) is 4.85. The Balaban J connectivity index is 1.86. The van der Waals surface area contributed by atoms with Gasteiger partial charge >= 0.3 is 0 Å². The minimum atomic E-state index is 0.697. The summed E-state index contributed by atoms with van der Waals surface area (Å²) in [5, 5.41) is 0. The normalized spacial score (nSPS) is 18.7. The fourth-order valence-corrected chi connectivity index (χ4v) is 2.87. The molecule has 1 aromatic heterocycles. The summed E-state index contributed by atoms with van der Waals surface area (Å²) in [6.07, 6.45) is 8.84. The van der Waals surface area contributed by atoms with Crippen molar-refractivity contribution >= 4 is 0 Å². The zero-order valence-electron chi connectivity index (χ0n) is 9.97. The van der Waals surface area contributed by atoms with Crippen LogP contribution in [0.25, 0.3) is 0 Å². The van der Waals surface area contributed by atoms with Crippen molar-refractivity contribution in [3.63, 3.8) is 0 Å². The minimum Gasteiger partial charge on any atom is -0.265 e. The van der Waals surface area contributed by atoms with E-state index in [1.54, 1.807) is 11.1 Å². The number of pyridine rings is 1. The van der Waals surface area contributed by atoms with Gasteiger partial charge < -0.3 is 0 Å². The number of nitrogens with zero attached hydrogens (tertiary/aromatic N) is 1. The van der Waals surface area contributed by atoms with Gasteiger partial charge in [-0.2, -0.15) is 0 Å². The smallest absolute Gasteiger partial charge is 0.0270 e. The van der Waals surface area contributed by atoms with Gasteiger partial charge in [0.2, 0.25) is 0 Å². The molecule has 0 saturated heterocycles. The number of benzene rings is 1. The molecule has 0 aliphatic heterocycles. The van der Waals surface area contributed by atoms with Crippen molar-refractivity contribution in [2.24, 2.45) is 0 Å². The third-order valence-electron chi connectivity index (χ3n) is 3.73. The van der Waals surface area contributed by atoms with Gasteiger partial charge in [0, 0.05) is 12.4 Å². The van der Waals surface area contributed by atoms with Crippen LogP contribution in [0.2, 0.25) is 0 Å². The lowest BCUT2D eigenvalue weighted by molar-refractivity contribution is 0.550. The quantitative estimate of drug-likeness (QED) is 0.755. The van der Waals surface area contributed by atoms with Crippen molar-refractivity contribution in [2.75, 3.05) is 0 Å². The molecular weight excluding hydrogens is 206 g/mol. The van der Waals surface area contributed by atoms with E-state index in [4.69, 9.17) is 0 Å². The lowest BCUT2D eigenvalue weighted by Gasteiger charge is -2.25. The van der Waals surface area contributed by atoms with Crippen molar-refractivity contribution < 1.29 is 0 Å². The number of aromatic nitrogens is 1. The molecule has 0 amide bonds. The molecule has 2 aromatic rings. The fraction of sp³-hybridized carbons (Fsp3) is 0.312. The second kappa shape index (κ2) is 4.70. The zero-order valence-corrected chi connectivity index (χ0v) is 9.97. The molecule has 1 aromatic carbocycles. The van der Waals surface area contributed by atoms with Gasteiger partial charge in [0.15, 0.2) is 0 Å². The molecule has 0 bridgehead atoms. The average molecular weight is 223 g/mol. The van der Waals surface area contributed by atoms with Gasteiger partial charge in [-0.05, 0) is 60.4 Å². The Bertz CT molecular complexity index is 490. The number of aryl methyl sites for hydroxylation is 1. The van der Waals surface area contributed by atoms with Crippen molar-refractivity contribution in [3.05, 3.63) is 65.5 Å². The van der Waals surface area contributed by atoms with Gasteiger partial charge in [-0.15, -0.1) is 0 Å².